The summed E-state index contributed by atoms with van der Waals surface area (Å²) >= 11 is 5.28. The molecule has 0 aliphatic heterocycles. The summed E-state index contributed by atoms with van der Waals surface area (Å²) in [7, 11) is 0. The largest absolute Gasteiger partial charge is 0.481 e. The number of hydrogen-bond acceptors (Lipinski definition) is 1. The molecule has 0 aromatic carbocycles. The number of unbranched alkanes of at least 4 members (excludes halogenated alkanes) is 9. The van der Waals surface area contributed by atoms with Crippen molar-refractivity contribution in [1.29, 1.82) is 0 Å². The van der Waals surface area contributed by atoms with Crippen molar-refractivity contribution in [1.82, 2.24) is 0 Å². The monoisotopic (exact) mass is 536 g/mol. The van der Waals surface area contributed by atoms with Crippen molar-refractivity contribution < 1.29 is 9.90 Å². The van der Waals surface area contributed by atoms with Crippen LogP contribution >= 0.6 is 45.2 Å². The average molecular weight is 536 g/mol. The standard InChI is InChI=1S/C18H34I2O2/c1-2-3-4-5-7-10-13-16(19)17(20)14-11-8-6-9-12-15-18(21)22/h16-17H,2-15H2,1H3,(H,21,22). The van der Waals surface area contributed by atoms with Crippen LogP contribution in [0, 0.1) is 0 Å². The average Bonchev–Trinajstić information content (AvgIpc) is 2.49. The number of carboxylic acid groups (broad SMARTS) is 1. The fraction of sp³-hybridized carbons (Fsp3) is 0.944. The van der Waals surface area contributed by atoms with E-state index in [2.05, 4.69) is 52.1 Å². The van der Waals surface area contributed by atoms with E-state index in [1.807, 2.05) is 0 Å². The van der Waals surface area contributed by atoms with Crippen molar-refractivity contribution in [2.45, 2.75) is 105 Å². The molecular formula is C18H34I2O2. The lowest BCUT2D eigenvalue weighted by atomic mass is 10.0. The van der Waals surface area contributed by atoms with Crippen molar-refractivity contribution in [3.8, 4) is 0 Å². The van der Waals surface area contributed by atoms with Gasteiger partial charge in [0.15, 0.2) is 0 Å². The van der Waals surface area contributed by atoms with E-state index < -0.39 is 5.97 Å². The first kappa shape index (κ1) is 22.9. The number of alkyl halides is 2. The van der Waals surface area contributed by atoms with Crippen LogP contribution in [0.15, 0.2) is 0 Å². The second kappa shape index (κ2) is 16.8. The van der Waals surface area contributed by atoms with Crippen molar-refractivity contribution >= 4 is 51.2 Å². The molecule has 4 heteroatoms. The Balaban J connectivity index is 3.38. The van der Waals surface area contributed by atoms with Gasteiger partial charge in [-0.15, -0.1) is 0 Å². The van der Waals surface area contributed by atoms with Crippen LogP contribution in [0.1, 0.15) is 96.8 Å². The third-order valence-electron chi connectivity index (χ3n) is 4.10. The van der Waals surface area contributed by atoms with Gasteiger partial charge in [0, 0.05) is 14.3 Å². The van der Waals surface area contributed by atoms with E-state index in [9.17, 15) is 4.79 Å². The lowest BCUT2D eigenvalue weighted by molar-refractivity contribution is -0.137. The number of rotatable bonds is 16. The molecule has 0 heterocycles. The van der Waals surface area contributed by atoms with Crippen LogP contribution in [-0.2, 0) is 4.79 Å². The lowest BCUT2D eigenvalue weighted by Gasteiger charge is -2.16. The van der Waals surface area contributed by atoms with E-state index in [4.69, 9.17) is 5.11 Å². The van der Waals surface area contributed by atoms with Crippen molar-refractivity contribution in [2.75, 3.05) is 0 Å². The van der Waals surface area contributed by atoms with Crippen molar-refractivity contribution in [3.63, 3.8) is 0 Å². The van der Waals surface area contributed by atoms with E-state index in [-0.39, 0.29) is 0 Å². The van der Waals surface area contributed by atoms with Gasteiger partial charge in [-0.2, -0.15) is 0 Å². The molecule has 0 fully saturated rings. The van der Waals surface area contributed by atoms with Crippen LogP contribution in [0.2, 0.25) is 0 Å². The number of hydrogen-bond donors (Lipinski definition) is 1. The topological polar surface area (TPSA) is 37.3 Å². The van der Waals surface area contributed by atoms with Gasteiger partial charge < -0.3 is 5.11 Å². The molecule has 1 N–H and O–H groups in total. The fourth-order valence-electron chi connectivity index (χ4n) is 2.63. The Morgan fingerprint density at radius 2 is 1.18 bits per heavy atom. The zero-order chi connectivity index (χ0) is 16.6. The molecule has 0 aromatic rings. The van der Waals surface area contributed by atoms with Gasteiger partial charge in [-0.3, -0.25) is 4.79 Å². The first-order valence-electron chi connectivity index (χ1n) is 9.07. The molecule has 0 saturated carbocycles. The Labute approximate surface area is 164 Å². The summed E-state index contributed by atoms with van der Waals surface area (Å²) in [6.07, 6.45) is 17.1. The molecule has 0 rings (SSSR count). The highest BCUT2D eigenvalue weighted by atomic mass is 127. The first-order chi connectivity index (χ1) is 10.6. The van der Waals surface area contributed by atoms with Crippen LogP contribution in [0.25, 0.3) is 0 Å². The molecule has 0 saturated heterocycles. The summed E-state index contributed by atoms with van der Waals surface area (Å²) in [5.41, 5.74) is 0. The molecular weight excluding hydrogens is 502 g/mol. The third-order valence-corrected chi connectivity index (χ3v) is 8.45. The van der Waals surface area contributed by atoms with Crippen LogP contribution in [-0.4, -0.2) is 18.9 Å². The minimum absolute atomic E-state index is 0.336. The first-order valence-corrected chi connectivity index (χ1v) is 11.6. The number of aliphatic carboxylic acids is 1. The van der Waals surface area contributed by atoms with E-state index >= 15 is 0 Å². The minimum atomic E-state index is -0.658. The highest BCUT2D eigenvalue weighted by molar-refractivity contribution is 14.1. The highest BCUT2D eigenvalue weighted by Crippen LogP contribution is 2.26. The molecule has 0 aromatic heterocycles. The molecule has 0 spiro atoms. The quantitative estimate of drug-likeness (QED) is 0.129. The maximum atomic E-state index is 10.4. The SMILES string of the molecule is CCCCCCCCC(I)C(I)CCCCCCCC(=O)O. The smallest absolute Gasteiger partial charge is 0.303 e. The normalized spacial score (nSPS) is 14.0. The summed E-state index contributed by atoms with van der Waals surface area (Å²) in [5.74, 6) is -0.658. The highest BCUT2D eigenvalue weighted by Gasteiger charge is 2.14. The maximum Gasteiger partial charge on any atom is 0.303 e. The molecule has 22 heavy (non-hydrogen) atoms. The van der Waals surface area contributed by atoms with Gasteiger partial charge in [0.05, 0.1) is 0 Å². The minimum Gasteiger partial charge on any atom is -0.481 e. The predicted molar refractivity (Wildman–Crippen MR) is 114 cm³/mol. The molecule has 132 valence electrons. The number of carboxylic acids is 1. The summed E-state index contributed by atoms with van der Waals surface area (Å²) in [4.78, 5) is 10.4. The summed E-state index contributed by atoms with van der Waals surface area (Å²) < 4.78 is 1.62. The maximum absolute atomic E-state index is 10.4. The van der Waals surface area contributed by atoms with Crippen LogP contribution < -0.4 is 0 Å². The summed E-state index contributed by atoms with van der Waals surface area (Å²) in [6.45, 7) is 2.27. The third kappa shape index (κ3) is 15.8. The van der Waals surface area contributed by atoms with Crippen LogP contribution in [0.4, 0.5) is 0 Å². The van der Waals surface area contributed by atoms with Gasteiger partial charge >= 0.3 is 5.97 Å². The van der Waals surface area contributed by atoms with Gasteiger partial charge in [-0.1, -0.05) is 116 Å². The Morgan fingerprint density at radius 1 is 0.773 bits per heavy atom. The Hall–Kier alpha value is 0.930. The molecule has 0 bridgehead atoms. The van der Waals surface area contributed by atoms with Gasteiger partial charge in [-0.05, 0) is 19.3 Å². The van der Waals surface area contributed by atoms with Crippen LogP contribution in [0.5, 0.6) is 0 Å². The van der Waals surface area contributed by atoms with Crippen LogP contribution in [0.3, 0.4) is 0 Å². The van der Waals surface area contributed by atoms with Crippen molar-refractivity contribution in [2.24, 2.45) is 0 Å². The fourth-order valence-corrected chi connectivity index (χ4v) is 4.23. The van der Waals surface area contributed by atoms with E-state index in [0.29, 0.717) is 6.42 Å². The molecule has 0 aliphatic carbocycles. The Bertz CT molecular complexity index is 259. The molecule has 2 atom stereocenters. The van der Waals surface area contributed by atoms with E-state index in [0.717, 1.165) is 20.7 Å². The molecule has 0 aliphatic rings. The van der Waals surface area contributed by atoms with Crippen molar-refractivity contribution in [3.05, 3.63) is 0 Å². The molecule has 0 amide bonds. The second-order valence-corrected chi connectivity index (χ2v) is 9.49. The molecule has 2 nitrogen and oxygen atoms in total. The predicted octanol–water partition coefficient (Wildman–Crippen LogP) is 7.16. The molecule has 0 radical (unpaired) electrons. The Kier molecular flexibility index (Phi) is 17.5. The zero-order valence-electron chi connectivity index (χ0n) is 14.2. The lowest BCUT2D eigenvalue weighted by Crippen LogP contribution is -2.13. The summed E-state index contributed by atoms with van der Waals surface area (Å²) in [5, 5.41) is 8.58. The van der Waals surface area contributed by atoms with E-state index in [1.54, 1.807) is 0 Å². The second-order valence-electron chi connectivity index (χ2n) is 6.29. The van der Waals surface area contributed by atoms with E-state index in [1.165, 1.54) is 70.6 Å². The van der Waals surface area contributed by atoms with Gasteiger partial charge in [-0.25, -0.2) is 0 Å². The Morgan fingerprint density at radius 3 is 1.64 bits per heavy atom. The number of carbonyl (C=O) groups is 1. The molecule has 2 unspecified atom stereocenters. The van der Waals surface area contributed by atoms with Gasteiger partial charge in [0.25, 0.3) is 0 Å². The van der Waals surface area contributed by atoms with Gasteiger partial charge in [0.2, 0.25) is 0 Å². The zero-order valence-corrected chi connectivity index (χ0v) is 18.5. The summed E-state index contributed by atoms with van der Waals surface area (Å²) in [6, 6.07) is 0. The number of halogens is 2. The van der Waals surface area contributed by atoms with Gasteiger partial charge in [0.1, 0.15) is 0 Å².